The Morgan fingerprint density at radius 2 is 1.62 bits per heavy atom. The smallest absolute Gasteiger partial charge is 0.333 e. The number of hydrogen-bond acceptors (Lipinski definition) is 2. The fourth-order valence-corrected chi connectivity index (χ4v) is 2.37. The van der Waals surface area contributed by atoms with Crippen LogP contribution in [0.4, 0.5) is 0 Å². The largest absolute Gasteiger partial charge is 0.466 e. The monoisotopic (exact) mass is 280 g/mol. The number of carbonyl (C=O) groups is 1. The highest BCUT2D eigenvalue weighted by Gasteiger charge is 2.13. The van der Waals surface area contributed by atoms with Gasteiger partial charge in [0.25, 0.3) is 0 Å². The number of esters is 1. The van der Waals surface area contributed by atoms with Gasteiger partial charge in [-0.3, -0.25) is 0 Å². The summed E-state index contributed by atoms with van der Waals surface area (Å²) in [5, 5.41) is 0. The van der Waals surface area contributed by atoms with Gasteiger partial charge in [-0.2, -0.15) is 0 Å². The summed E-state index contributed by atoms with van der Waals surface area (Å²) in [6.45, 7) is 1.80. The SMILES string of the molecule is COC(=O)C(C)=CC(Cc1ccccc1)c1ccccc1. The van der Waals surface area contributed by atoms with E-state index in [0.29, 0.717) is 5.57 Å². The normalized spacial score (nSPS) is 12.8. The van der Waals surface area contributed by atoms with Crippen LogP contribution in [0.1, 0.15) is 24.0 Å². The van der Waals surface area contributed by atoms with Crippen LogP contribution in [-0.2, 0) is 16.0 Å². The first-order valence-corrected chi connectivity index (χ1v) is 7.06. The summed E-state index contributed by atoms with van der Waals surface area (Å²) >= 11 is 0. The fourth-order valence-electron chi connectivity index (χ4n) is 2.37. The number of ether oxygens (including phenoxy) is 1. The third-order valence-corrected chi connectivity index (χ3v) is 3.48. The summed E-state index contributed by atoms with van der Waals surface area (Å²) in [7, 11) is 1.41. The van der Waals surface area contributed by atoms with Crippen molar-refractivity contribution in [2.45, 2.75) is 19.3 Å². The average molecular weight is 280 g/mol. The van der Waals surface area contributed by atoms with E-state index in [1.807, 2.05) is 42.5 Å². The predicted molar refractivity (Wildman–Crippen MR) is 85.1 cm³/mol. The molecule has 21 heavy (non-hydrogen) atoms. The summed E-state index contributed by atoms with van der Waals surface area (Å²) in [5.74, 6) is -0.114. The van der Waals surface area contributed by atoms with Crippen LogP contribution in [0, 0.1) is 0 Å². The molecule has 2 aromatic rings. The van der Waals surface area contributed by atoms with Crippen molar-refractivity contribution in [3.63, 3.8) is 0 Å². The van der Waals surface area contributed by atoms with E-state index in [0.717, 1.165) is 6.42 Å². The lowest BCUT2D eigenvalue weighted by molar-refractivity contribution is -0.136. The van der Waals surface area contributed by atoms with Crippen LogP contribution in [0.2, 0.25) is 0 Å². The van der Waals surface area contributed by atoms with E-state index in [1.54, 1.807) is 6.92 Å². The third kappa shape index (κ3) is 4.32. The first-order valence-electron chi connectivity index (χ1n) is 7.06. The van der Waals surface area contributed by atoms with Crippen LogP contribution in [0.5, 0.6) is 0 Å². The summed E-state index contributed by atoms with van der Waals surface area (Å²) in [5.41, 5.74) is 3.09. The third-order valence-electron chi connectivity index (χ3n) is 3.48. The minimum Gasteiger partial charge on any atom is -0.466 e. The molecule has 0 saturated carbocycles. The van der Waals surface area contributed by atoms with Crippen molar-refractivity contribution in [1.82, 2.24) is 0 Å². The van der Waals surface area contributed by atoms with Crippen LogP contribution < -0.4 is 0 Å². The Balaban J connectivity index is 2.29. The highest BCUT2D eigenvalue weighted by Crippen LogP contribution is 2.24. The Morgan fingerprint density at radius 1 is 1.05 bits per heavy atom. The van der Waals surface area contributed by atoms with Gasteiger partial charge in [-0.1, -0.05) is 66.7 Å². The number of carbonyl (C=O) groups excluding carboxylic acids is 1. The molecule has 0 amide bonds. The molecule has 1 unspecified atom stereocenters. The van der Waals surface area contributed by atoms with Crippen molar-refractivity contribution < 1.29 is 9.53 Å². The number of methoxy groups -OCH3 is 1. The topological polar surface area (TPSA) is 26.3 Å². The molecule has 2 aromatic carbocycles. The summed E-state index contributed by atoms with van der Waals surface area (Å²) < 4.78 is 4.79. The van der Waals surface area contributed by atoms with Gasteiger partial charge in [-0.05, 0) is 24.5 Å². The lowest BCUT2D eigenvalue weighted by Crippen LogP contribution is -2.06. The number of benzene rings is 2. The highest BCUT2D eigenvalue weighted by atomic mass is 16.5. The lowest BCUT2D eigenvalue weighted by atomic mass is 9.90. The Hall–Kier alpha value is -2.35. The summed E-state index contributed by atoms with van der Waals surface area (Å²) in [6, 6.07) is 20.5. The van der Waals surface area contributed by atoms with Gasteiger partial charge >= 0.3 is 5.97 Å². The maximum atomic E-state index is 11.6. The lowest BCUT2D eigenvalue weighted by Gasteiger charge is -2.15. The van der Waals surface area contributed by atoms with Gasteiger partial charge < -0.3 is 4.74 Å². The molecule has 2 nitrogen and oxygen atoms in total. The van der Waals surface area contributed by atoms with Crippen molar-refractivity contribution in [3.8, 4) is 0 Å². The zero-order valence-electron chi connectivity index (χ0n) is 12.5. The van der Waals surface area contributed by atoms with Gasteiger partial charge in [0.1, 0.15) is 0 Å². The van der Waals surface area contributed by atoms with Crippen molar-refractivity contribution in [3.05, 3.63) is 83.4 Å². The van der Waals surface area contributed by atoms with Crippen LogP contribution >= 0.6 is 0 Å². The quantitative estimate of drug-likeness (QED) is 0.608. The standard InChI is InChI=1S/C19H20O2/c1-15(19(20)21-2)13-18(17-11-7-4-8-12-17)14-16-9-5-3-6-10-16/h3-13,18H,14H2,1-2H3. The van der Waals surface area contributed by atoms with Gasteiger partial charge in [0.15, 0.2) is 0 Å². The van der Waals surface area contributed by atoms with Gasteiger partial charge in [-0.15, -0.1) is 0 Å². The molecule has 0 saturated heterocycles. The van der Waals surface area contributed by atoms with Gasteiger partial charge in [-0.25, -0.2) is 4.79 Å². The maximum absolute atomic E-state index is 11.6. The van der Waals surface area contributed by atoms with Crippen molar-refractivity contribution in [2.75, 3.05) is 7.11 Å². The molecule has 0 spiro atoms. The minimum atomic E-state index is -0.274. The van der Waals surface area contributed by atoms with E-state index in [9.17, 15) is 4.79 Å². The Bertz CT molecular complexity index is 600. The molecule has 0 aliphatic carbocycles. The molecule has 0 aliphatic heterocycles. The van der Waals surface area contributed by atoms with Gasteiger partial charge in [0, 0.05) is 11.5 Å². The molecule has 1 atom stereocenters. The fraction of sp³-hybridized carbons (Fsp3) is 0.211. The molecule has 0 radical (unpaired) electrons. The summed E-state index contributed by atoms with van der Waals surface area (Å²) in [6.07, 6.45) is 2.85. The number of rotatable bonds is 5. The Kier molecular flexibility index (Phi) is 5.33. The number of hydrogen-bond donors (Lipinski definition) is 0. The zero-order chi connectivity index (χ0) is 15.1. The highest BCUT2D eigenvalue weighted by molar-refractivity contribution is 5.87. The zero-order valence-corrected chi connectivity index (χ0v) is 12.5. The molecule has 0 aliphatic rings. The molecule has 0 fully saturated rings. The average Bonchev–Trinajstić information content (AvgIpc) is 2.55. The van der Waals surface area contributed by atoms with E-state index < -0.39 is 0 Å². The van der Waals surface area contributed by atoms with Crippen molar-refractivity contribution in [2.24, 2.45) is 0 Å². The van der Waals surface area contributed by atoms with Crippen molar-refractivity contribution in [1.29, 1.82) is 0 Å². The number of allylic oxidation sites excluding steroid dienone is 1. The van der Waals surface area contributed by atoms with Crippen molar-refractivity contribution >= 4 is 5.97 Å². The first-order chi connectivity index (χ1) is 10.2. The second-order valence-electron chi connectivity index (χ2n) is 5.05. The second-order valence-corrected chi connectivity index (χ2v) is 5.05. The summed E-state index contributed by atoms with van der Waals surface area (Å²) in [4.78, 5) is 11.6. The Labute approximate surface area is 126 Å². The van der Waals surface area contributed by atoms with E-state index in [4.69, 9.17) is 4.74 Å². The first kappa shape index (κ1) is 15.0. The molecule has 0 aromatic heterocycles. The van der Waals surface area contributed by atoms with Crippen LogP contribution in [0.15, 0.2) is 72.3 Å². The molecular weight excluding hydrogens is 260 g/mol. The van der Waals surface area contributed by atoms with Gasteiger partial charge in [0.2, 0.25) is 0 Å². The Morgan fingerprint density at radius 3 is 2.19 bits per heavy atom. The van der Waals surface area contributed by atoms with E-state index in [2.05, 4.69) is 24.3 Å². The maximum Gasteiger partial charge on any atom is 0.333 e. The molecule has 108 valence electrons. The van der Waals surface area contributed by atoms with Crippen LogP contribution in [0.25, 0.3) is 0 Å². The van der Waals surface area contributed by atoms with E-state index in [-0.39, 0.29) is 11.9 Å². The van der Waals surface area contributed by atoms with Gasteiger partial charge in [0.05, 0.1) is 7.11 Å². The molecule has 0 bridgehead atoms. The molecular formula is C19H20O2. The minimum absolute atomic E-state index is 0.160. The molecule has 2 rings (SSSR count). The van der Waals surface area contributed by atoms with E-state index >= 15 is 0 Å². The molecule has 0 heterocycles. The molecule has 2 heteroatoms. The van der Waals surface area contributed by atoms with Crippen LogP contribution in [0.3, 0.4) is 0 Å². The predicted octanol–water partition coefficient (Wildman–Crippen LogP) is 4.13. The van der Waals surface area contributed by atoms with Crippen LogP contribution in [-0.4, -0.2) is 13.1 Å². The second kappa shape index (κ2) is 7.44. The molecule has 0 N–H and O–H groups in total. The van der Waals surface area contributed by atoms with E-state index in [1.165, 1.54) is 18.2 Å².